The maximum atomic E-state index is 13.9. The molecular weight excluding hydrogens is 530 g/mol. The van der Waals surface area contributed by atoms with E-state index in [0.717, 1.165) is 55.8 Å². The highest BCUT2D eigenvalue weighted by Crippen LogP contribution is 2.35. The number of carbonyl (C=O) groups is 1. The molecule has 3 heterocycles. The number of hydrogen-bond acceptors (Lipinski definition) is 3. The minimum absolute atomic E-state index is 0.0258. The van der Waals surface area contributed by atoms with Crippen LogP contribution in [0.25, 0.3) is 5.69 Å². The molecule has 1 amide bonds. The fraction of sp³-hybridized carbons (Fsp3) is 0.312. The number of amides is 1. The Morgan fingerprint density at radius 3 is 2.33 bits per heavy atom. The van der Waals surface area contributed by atoms with Gasteiger partial charge in [0.25, 0.3) is 5.91 Å². The number of hydrogen-bond donors (Lipinski definition) is 0. The van der Waals surface area contributed by atoms with Crippen LogP contribution in [-0.4, -0.2) is 51.7 Å². The first kappa shape index (κ1) is 26.7. The number of carbonyl (C=O) groups excluding carboxylic acids is 1. The summed E-state index contributed by atoms with van der Waals surface area (Å²) in [6, 6.07) is 22.0. The quantitative estimate of drug-likeness (QED) is 0.260. The van der Waals surface area contributed by atoms with Crippen molar-refractivity contribution < 1.29 is 13.6 Å². The van der Waals surface area contributed by atoms with Crippen LogP contribution in [0.5, 0.6) is 0 Å². The second-order valence-electron chi connectivity index (χ2n) is 10.8. The van der Waals surface area contributed by atoms with E-state index in [0.29, 0.717) is 29.6 Å². The largest absolute Gasteiger partial charge is 0.338 e. The molecule has 6 rings (SSSR count). The summed E-state index contributed by atoms with van der Waals surface area (Å²) in [5, 5.41) is 5.34. The van der Waals surface area contributed by atoms with Gasteiger partial charge in [0.1, 0.15) is 0 Å². The van der Waals surface area contributed by atoms with E-state index in [1.165, 1.54) is 17.7 Å². The van der Waals surface area contributed by atoms with Gasteiger partial charge in [-0.3, -0.25) is 9.69 Å². The molecule has 8 heteroatoms. The van der Waals surface area contributed by atoms with Crippen molar-refractivity contribution in [1.29, 1.82) is 0 Å². The average molecular weight is 561 g/mol. The molecular formula is C32H31ClF2N4O. The molecule has 2 aliphatic heterocycles. The molecule has 0 bridgehead atoms. The van der Waals surface area contributed by atoms with Crippen molar-refractivity contribution in [2.75, 3.05) is 26.2 Å². The summed E-state index contributed by atoms with van der Waals surface area (Å²) in [6.45, 7) is 3.53. The Morgan fingerprint density at radius 1 is 0.875 bits per heavy atom. The third kappa shape index (κ3) is 5.54. The first-order valence-corrected chi connectivity index (χ1v) is 14.2. The monoisotopic (exact) mass is 560 g/mol. The van der Waals surface area contributed by atoms with Crippen LogP contribution in [0.4, 0.5) is 8.78 Å². The molecule has 4 aromatic rings. The standard InChI is InChI=1S/C32H31ClF2N4O/c33-26-7-9-27(10-8-26)39-31(24-12-15-37(16-13-24)20-22-6-11-29(34)30(35)18-22)28(19-36-39)32(40)38-17-14-25(21-38)23-4-2-1-3-5-23/h1-11,18-19,24-25H,12-17,20-21H2/t25-/m0/s1. The van der Waals surface area contributed by atoms with Gasteiger partial charge in [0.2, 0.25) is 0 Å². The molecule has 2 fully saturated rings. The fourth-order valence-corrected chi connectivity index (χ4v) is 6.20. The van der Waals surface area contributed by atoms with E-state index in [-0.39, 0.29) is 11.8 Å². The van der Waals surface area contributed by atoms with Gasteiger partial charge in [-0.1, -0.05) is 48.0 Å². The molecule has 2 aliphatic rings. The van der Waals surface area contributed by atoms with Gasteiger partial charge in [-0.2, -0.15) is 5.10 Å². The highest BCUT2D eigenvalue weighted by Gasteiger charge is 2.34. The number of halogens is 3. The summed E-state index contributed by atoms with van der Waals surface area (Å²) >= 11 is 6.15. The lowest BCUT2D eigenvalue weighted by atomic mass is 9.90. The molecule has 1 atom stereocenters. The third-order valence-corrected chi connectivity index (χ3v) is 8.47. The van der Waals surface area contributed by atoms with Crippen LogP contribution in [0.15, 0.2) is 79.0 Å². The Kier molecular flexibility index (Phi) is 7.67. The molecule has 3 aromatic carbocycles. The lowest BCUT2D eigenvalue weighted by Gasteiger charge is -2.33. The maximum Gasteiger partial charge on any atom is 0.257 e. The van der Waals surface area contributed by atoms with Crippen molar-refractivity contribution in [2.45, 2.75) is 37.6 Å². The first-order valence-electron chi connectivity index (χ1n) is 13.8. The van der Waals surface area contributed by atoms with Crippen LogP contribution in [0, 0.1) is 11.6 Å². The lowest BCUT2D eigenvalue weighted by Crippen LogP contribution is -2.34. The first-order chi connectivity index (χ1) is 19.5. The Balaban J connectivity index is 1.23. The number of piperidine rings is 1. The van der Waals surface area contributed by atoms with Gasteiger partial charge in [-0.05, 0) is 79.9 Å². The molecule has 206 valence electrons. The predicted octanol–water partition coefficient (Wildman–Crippen LogP) is 6.81. The predicted molar refractivity (Wildman–Crippen MR) is 152 cm³/mol. The number of benzene rings is 3. The van der Waals surface area contributed by atoms with Crippen LogP contribution in [0.1, 0.15) is 58.3 Å². The second kappa shape index (κ2) is 11.5. The van der Waals surface area contributed by atoms with E-state index in [9.17, 15) is 13.6 Å². The Bertz CT molecular complexity index is 1480. The van der Waals surface area contributed by atoms with Gasteiger partial charge >= 0.3 is 0 Å². The summed E-state index contributed by atoms with van der Waals surface area (Å²) in [4.78, 5) is 18.1. The van der Waals surface area contributed by atoms with Crippen molar-refractivity contribution in [3.05, 3.63) is 118 Å². The molecule has 0 aliphatic carbocycles. The van der Waals surface area contributed by atoms with Gasteiger partial charge in [-0.25, -0.2) is 13.5 Å². The molecule has 0 unspecified atom stereocenters. The Hall–Kier alpha value is -3.55. The summed E-state index contributed by atoms with van der Waals surface area (Å²) in [6.07, 6.45) is 4.32. The van der Waals surface area contributed by atoms with E-state index in [1.54, 1.807) is 12.3 Å². The number of rotatable bonds is 6. The minimum atomic E-state index is -0.830. The number of aromatic nitrogens is 2. The molecule has 0 spiro atoms. The van der Waals surface area contributed by atoms with Crippen LogP contribution in [-0.2, 0) is 6.54 Å². The smallest absolute Gasteiger partial charge is 0.257 e. The zero-order chi connectivity index (χ0) is 27.6. The highest BCUT2D eigenvalue weighted by atomic mass is 35.5. The van der Waals surface area contributed by atoms with Gasteiger partial charge in [0.15, 0.2) is 11.6 Å². The summed E-state index contributed by atoms with van der Waals surface area (Å²) in [7, 11) is 0. The normalized spacial score (nSPS) is 18.4. The van der Waals surface area contributed by atoms with Crippen molar-refractivity contribution >= 4 is 17.5 Å². The van der Waals surface area contributed by atoms with Crippen molar-refractivity contribution in [2.24, 2.45) is 0 Å². The topological polar surface area (TPSA) is 41.4 Å². The SMILES string of the molecule is O=C(c1cnn(-c2ccc(Cl)cc2)c1C1CCN(Cc2ccc(F)c(F)c2)CC1)N1CC[C@H](c2ccccc2)C1. The van der Waals surface area contributed by atoms with E-state index < -0.39 is 11.6 Å². The van der Waals surface area contributed by atoms with Crippen molar-refractivity contribution in [1.82, 2.24) is 19.6 Å². The van der Waals surface area contributed by atoms with Crippen LogP contribution in [0.2, 0.25) is 5.02 Å². The van der Waals surface area contributed by atoms with Crippen LogP contribution < -0.4 is 0 Å². The Morgan fingerprint density at radius 2 is 1.60 bits per heavy atom. The number of nitrogens with zero attached hydrogens (tertiary/aromatic N) is 4. The fourth-order valence-electron chi connectivity index (χ4n) is 6.08. The van der Waals surface area contributed by atoms with Gasteiger partial charge in [-0.15, -0.1) is 0 Å². The maximum absolute atomic E-state index is 13.9. The van der Waals surface area contributed by atoms with E-state index in [1.807, 2.05) is 52.0 Å². The van der Waals surface area contributed by atoms with E-state index in [2.05, 4.69) is 17.0 Å². The van der Waals surface area contributed by atoms with Gasteiger partial charge in [0.05, 0.1) is 23.1 Å². The molecule has 40 heavy (non-hydrogen) atoms. The summed E-state index contributed by atoms with van der Waals surface area (Å²) in [5.41, 5.74) is 4.47. The Labute approximate surface area is 238 Å². The zero-order valence-electron chi connectivity index (χ0n) is 22.1. The lowest BCUT2D eigenvalue weighted by molar-refractivity contribution is 0.0788. The molecule has 2 saturated heterocycles. The van der Waals surface area contributed by atoms with Crippen molar-refractivity contribution in [3.63, 3.8) is 0 Å². The third-order valence-electron chi connectivity index (χ3n) is 8.22. The van der Waals surface area contributed by atoms with Gasteiger partial charge < -0.3 is 4.90 Å². The average Bonchev–Trinajstić information content (AvgIpc) is 3.65. The molecule has 0 radical (unpaired) electrons. The van der Waals surface area contributed by atoms with Crippen molar-refractivity contribution in [3.8, 4) is 5.69 Å². The molecule has 0 N–H and O–H groups in total. The summed E-state index contributed by atoms with van der Waals surface area (Å²) < 4.78 is 29.0. The van der Waals surface area contributed by atoms with Crippen LogP contribution >= 0.6 is 11.6 Å². The molecule has 1 aromatic heterocycles. The zero-order valence-corrected chi connectivity index (χ0v) is 22.9. The van der Waals surface area contributed by atoms with E-state index in [4.69, 9.17) is 16.7 Å². The van der Waals surface area contributed by atoms with Crippen LogP contribution in [0.3, 0.4) is 0 Å². The molecule has 0 saturated carbocycles. The molecule has 5 nitrogen and oxygen atoms in total. The van der Waals surface area contributed by atoms with E-state index >= 15 is 0 Å². The van der Waals surface area contributed by atoms with Gasteiger partial charge in [0, 0.05) is 36.5 Å². The highest BCUT2D eigenvalue weighted by molar-refractivity contribution is 6.30. The minimum Gasteiger partial charge on any atom is -0.338 e. The second-order valence-corrected chi connectivity index (χ2v) is 11.2. The summed E-state index contributed by atoms with van der Waals surface area (Å²) in [5.74, 6) is -1.16. The number of likely N-dealkylation sites (tertiary alicyclic amines) is 2.